The molecule has 1 atom stereocenters. The number of benzene rings is 1. The molecule has 0 radical (unpaired) electrons. The number of para-hydroxylation sites is 1. The van der Waals surface area contributed by atoms with Gasteiger partial charge in [-0.15, -0.1) is 0 Å². The maximum atomic E-state index is 13.7. The van der Waals surface area contributed by atoms with Crippen LogP contribution in [0.1, 0.15) is 32.1 Å². The zero-order chi connectivity index (χ0) is 14.0. The van der Waals surface area contributed by atoms with Gasteiger partial charge >= 0.3 is 0 Å². The van der Waals surface area contributed by atoms with Crippen LogP contribution in [0.25, 0.3) is 11.0 Å². The van der Waals surface area contributed by atoms with Gasteiger partial charge in [0, 0.05) is 6.42 Å². The molecule has 0 spiro atoms. The van der Waals surface area contributed by atoms with Crippen LogP contribution in [0, 0.1) is 5.82 Å². The van der Waals surface area contributed by atoms with Gasteiger partial charge in [0.05, 0.1) is 5.52 Å². The summed E-state index contributed by atoms with van der Waals surface area (Å²) >= 11 is 0. The first-order chi connectivity index (χ1) is 8.72. The number of aromatic nitrogens is 2. The number of nitrogens with zero attached hydrogens (tertiary/aromatic N) is 2. The molecule has 1 aromatic carbocycles. The molecule has 3 rings (SSSR count). The van der Waals surface area contributed by atoms with Crippen LogP contribution in [0.3, 0.4) is 0 Å². The number of rotatable bonds is 2. The molecule has 102 valence electrons. The number of imidazole rings is 1. The van der Waals surface area contributed by atoms with Gasteiger partial charge in [0.1, 0.15) is 23.0 Å². The van der Waals surface area contributed by atoms with Crippen LogP contribution >= 0.6 is 0 Å². The summed E-state index contributed by atoms with van der Waals surface area (Å²) in [7, 11) is 0. The van der Waals surface area contributed by atoms with Gasteiger partial charge in [-0.05, 0) is 26.0 Å². The predicted octanol–water partition coefficient (Wildman–Crippen LogP) is 2.98. The van der Waals surface area contributed by atoms with E-state index in [1.165, 1.54) is 36.6 Å². The van der Waals surface area contributed by atoms with Gasteiger partial charge in [-0.1, -0.05) is 6.07 Å². The van der Waals surface area contributed by atoms with E-state index in [0.29, 0.717) is 5.52 Å². The van der Waals surface area contributed by atoms with Crippen molar-refractivity contribution in [1.82, 2.24) is 9.55 Å². The maximum Gasteiger partial charge on any atom is 0.270 e. The van der Waals surface area contributed by atoms with Crippen molar-refractivity contribution in [2.75, 3.05) is 0 Å². The van der Waals surface area contributed by atoms with Gasteiger partial charge in [0.25, 0.3) is 5.92 Å². The highest BCUT2D eigenvalue weighted by Crippen LogP contribution is 2.54. The quantitative estimate of drug-likeness (QED) is 0.911. The average Bonchev–Trinajstić information content (AvgIpc) is 2.71. The molecule has 0 bridgehead atoms. The van der Waals surface area contributed by atoms with Gasteiger partial charge in [-0.2, -0.15) is 0 Å². The fourth-order valence-corrected chi connectivity index (χ4v) is 2.31. The number of alkyl halides is 2. The van der Waals surface area contributed by atoms with Crippen LogP contribution in [0.4, 0.5) is 13.2 Å². The highest BCUT2D eigenvalue weighted by molar-refractivity contribution is 5.77. The second kappa shape index (κ2) is 3.50. The van der Waals surface area contributed by atoms with Crippen molar-refractivity contribution in [2.24, 2.45) is 0 Å². The lowest BCUT2D eigenvalue weighted by atomic mass is 10.1. The summed E-state index contributed by atoms with van der Waals surface area (Å²) in [5, 5.41) is 10.1. The molecule has 1 heterocycles. The number of fused-ring (bicyclic) bond motifs is 1. The Kier molecular flexibility index (Phi) is 2.30. The highest BCUT2D eigenvalue weighted by Gasteiger charge is 2.59. The van der Waals surface area contributed by atoms with E-state index in [9.17, 15) is 18.3 Å². The number of hydrogen-bond acceptors (Lipinski definition) is 2. The Balaban J connectivity index is 2.30. The Labute approximate surface area is 107 Å². The molecule has 1 saturated carbocycles. The smallest absolute Gasteiger partial charge is 0.270 e. The van der Waals surface area contributed by atoms with E-state index in [4.69, 9.17) is 0 Å². The molecular weight excluding hydrogens is 257 g/mol. The molecular formula is C13H13F3N2O. The van der Waals surface area contributed by atoms with Crippen molar-refractivity contribution in [2.45, 2.75) is 37.8 Å². The Bertz CT molecular complexity index is 658. The van der Waals surface area contributed by atoms with Gasteiger partial charge < -0.3 is 9.67 Å². The number of hydrogen-bond donors (Lipinski definition) is 1. The molecule has 0 amide bonds. The molecule has 1 aliphatic carbocycles. The van der Waals surface area contributed by atoms with Crippen LogP contribution in [-0.2, 0) is 5.60 Å². The lowest BCUT2D eigenvalue weighted by molar-refractivity contribution is 0.0591. The molecule has 1 N–H and O–H groups in total. The fourth-order valence-electron chi connectivity index (χ4n) is 2.31. The zero-order valence-electron chi connectivity index (χ0n) is 10.5. The molecule has 3 nitrogen and oxygen atoms in total. The normalized spacial score (nSPS) is 21.9. The maximum absolute atomic E-state index is 13.7. The van der Waals surface area contributed by atoms with Crippen LogP contribution in [0.2, 0.25) is 0 Å². The van der Waals surface area contributed by atoms with E-state index in [-0.39, 0.29) is 17.8 Å². The molecule has 0 saturated heterocycles. The van der Waals surface area contributed by atoms with E-state index < -0.39 is 23.4 Å². The second-order valence-electron chi connectivity index (χ2n) is 5.45. The first-order valence-electron chi connectivity index (χ1n) is 5.99. The number of aliphatic hydroxyl groups is 1. The van der Waals surface area contributed by atoms with Crippen molar-refractivity contribution in [3.63, 3.8) is 0 Å². The van der Waals surface area contributed by atoms with Gasteiger partial charge in [0.2, 0.25) is 0 Å². The first-order valence-corrected chi connectivity index (χ1v) is 5.99. The van der Waals surface area contributed by atoms with Crippen LogP contribution in [-0.4, -0.2) is 20.6 Å². The lowest BCUT2D eigenvalue weighted by Crippen LogP contribution is -2.22. The minimum atomic E-state index is -2.82. The molecule has 0 aliphatic heterocycles. The Morgan fingerprint density at radius 3 is 2.58 bits per heavy atom. The highest BCUT2D eigenvalue weighted by atomic mass is 19.3. The van der Waals surface area contributed by atoms with E-state index in [1.807, 2.05) is 0 Å². The summed E-state index contributed by atoms with van der Waals surface area (Å²) in [4.78, 5) is 4.01. The van der Waals surface area contributed by atoms with Gasteiger partial charge in [0.15, 0.2) is 5.82 Å². The Hall–Kier alpha value is -1.56. The van der Waals surface area contributed by atoms with Crippen LogP contribution in [0.15, 0.2) is 18.2 Å². The average molecular weight is 270 g/mol. The van der Waals surface area contributed by atoms with Crippen molar-refractivity contribution in [3.8, 4) is 0 Å². The molecule has 2 aromatic rings. The van der Waals surface area contributed by atoms with Crippen molar-refractivity contribution >= 4 is 11.0 Å². The largest absolute Gasteiger partial charge is 0.383 e. The Morgan fingerprint density at radius 1 is 1.42 bits per heavy atom. The zero-order valence-corrected chi connectivity index (χ0v) is 10.5. The van der Waals surface area contributed by atoms with E-state index in [1.54, 1.807) is 0 Å². The third-order valence-electron chi connectivity index (χ3n) is 3.32. The minimum absolute atomic E-state index is 0.0160. The van der Waals surface area contributed by atoms with E-state index in [0.717, 1.165) is 0 Å². The summed E-state index contributed by atoms with van der Waals surface area (Å²) in [6, 6.07) is 3.15. The molecule has 1 aliphatic rings. The van der Waals surface area contributed by atoms with E-state index >= 15 is 0 Å². The monoisotopic (exact) mass is 270 g/mol. The van der Waals surface area contributed by atoms with Crippen LogP contribution < -0.4 is 0 Å². The van der Waals surface area contributed by atoms with E-state index in [2.05, 4.69) is 4.98 Å². The van der Waals surface area contributed by atoms with Crippen molar-refractivity contribution in [1.29, 1.82) is 0 Å². The third kappa shape index (κ3) is 1.82. The standard InChI is InChI=1S/C13H13F3N2O/c1-12(2,19)11-17-10-7(14)4-3-5-8(10)18(11)9-6-13(9,15)16/h3-5,9,19H,6H2,1-2H3/t9-/m0/s1. The summed E-state index contributed by atoms with van der Waals surface area (Å²) in [5.41, 5.74) is -1.11. The van der Waals surface area contributed by atoms with Crippen LogP contribution in [0.5, 0.6) is 0 Å². The summed E-state index contributed by atoms with van der Waals surface area (Å²) in [5.74, 6) is -3.33. The Morgan fingerprint density at radius 2 is 2.05 bits per heavy atom. The molecule has 0 unspecified atom stereocenters. The first kappa shape index (κ1) is 12.5. The number of halogens is 3. The summed E-state index contributed by atoms with van der Waals surface area (Å²) < 4.78 is 41.6. The fraction of sp³-hybridized carbons (Fsp3) is 0.462. The minimum Gasteiger partial charge on any atom is -0.383 e. The predicted molar refractivity (Wildman–Crippen MR) is 63.5 cm³/mol. The second-order valence-corrected chi connectivity index (χ2v) is 5.45. The lowest BCUT2D eigenvalue weighted by Gasteiger charge is -2.18. The van der Waals surface area contributed by atoms with Gasteiger partial charge in [-0.25, -0.2) is 18.2 Å². The van der Waals surface area contributed by atoms with Crippen molar-refractivity contribution < 1.29 is 18.3 Å². The summed E-state index contributed by atoms with van der Waals surface area (Å²) in [6.07, 6.45) is -0.307. The molecule has 19 heavy (non-hydrogen) atoms. The van der Waals surface area contributed by atoms with Crippen molar-refractivity contribution in [3.05, 3.63) is 29.8 Å². The molecule has 1 fully saturated rings. The van der Waals surface area contributed by atoms with Gasteiger partial charge in [-0.3, -0.25) is 0 Å². The summed E-state index contributed by atoms with van der Waals surface area (Å²) in [6.45, 7) is 2.90. The third-order valence-corrected chi connectivity index (χ3v) is 3.32. The topological polar surface area (TPSA) is 38.1 Å². The molecule has 1 aromatic heterocycles. The molecule has 6 heteroatoms. The SMILES string of the molecule is CC(C)(O)c1nc2c(F)cccc2n1[C@H]1CC1(F)F.